The highest BCUT2D eigenvalue weighted by atomic mass is 16.5. The van der Waals surface area contributed by atoms with Crippen LogP contribution in [0.4, 0.5) is 5.69 Å². The van der Waals surface area contributed by atoms with Gasteiger partial charge in [-0.2, -0.15) is 0 Å². The number of benzene rings is 3. The van der Waals surface area contributed by atoms with Crippen molar-refractivity contribution in [2.24, 2.45) is 0 Å². The van der Waals surface area contributed by atoms with E-state index in [-0.39, 0.29) is 24.1 Å². The van der Waals surface area contributed by atoms with Crippen LogP contribution in [0.5, 0.6) is 0 Å². The van der Waals surface area contributed by atoms with E-state index in [0.29, 0.717) is 28.0 Å². The number of esters is 1. The number of nitrogens with one attached hydrogen (secondary N) is 1. The summed E-state index contributed by atoms with van der Waals surface area (Å²) in [6.07, 6.45) is 0. The van der Waals surface area contributed by atoms with Crippen molar-refractivity contribution >= 4 is 34.3 Å². The minimum absolute atomic E-state index is 0.0184. The third kappa shape index (κ3) is 4.99. The van der Waals surface area contributed by atoms with Crippen molar-refractivity contribution in [1.82, 2.24) is 0 Å². The van der Waals surface area contributed by atoms with Gasteiger partial charge in [0.15, 0.2) is 12.4 Å². The third-order valence-corrected chi connectivity index (χ3v) is 5.01. The first-order valence-corrected chi connectivity index (χ1v) is 10.2. The average molecular weight is 443 g/mol. The zero-order chi connectivity index (χ0) is 23.2. The molecule has 3 aromatic carbocycles. The van der Waals surface area contributed by atoms with Gasteiger partial charge in [0.05, 0.1) is 6.61 Å². The molecule has 1 heterocycles. The van der Waals surface area contributed by atoms with Gasteiger partial charge in [-0.25, -0.2) is 4.79 Å². The summed E-state index contributed by atoms with van der Waals surface area (Å²) < 4.78 is 16.0. The number of amides is 1. The molecule has 0 unspecified atom stereocenters. The molecule has 0 saturated heterocycles. The molecule has 4 aromatic rings. The molecule has 0 fully saturated rings. The molecule has 0 atom stereocenters. The molecular formula is C26H21NO6. The van der Waals surface area contributed by atoms with Crippen LogP contribution in [-0.4, -0.2) is 31.4 Å². The summed E-state index contributed by atoms with van der Waals surface area (Å²) in [7, 11) is 1.52. The van der Waals surface area contributed by atoms with Crippen LogP contribution in [0.2, 0.25) is 0 Å². The highest BCUT2D eigenvalue weighted by Gasteiger charge is 2.22. The van der Waals surface area contributed by atoms with Gasteiger partial charge in [-0.15, -0.1) is 0 Å². The second-order valence-electron chi connectivity index (χ2n) is 7.24. The number of carbonyl (C=O) groups excluding carboxylic acids is 3. The molecule has 33 heavy (non-hydrogen) atoms. The maximum Gasteiger partial charge on any atom is 0.375 e. The number of fused-ring (bicyclic) bond motifs is 1. The summed E-state index contributed by atoms with van der Waals surface area (Å²) in [5.74, 6) is -1.35. The Balaban J connectivity index is 1.39. The van der Waals surface area contributed by atoms with Crippen molar-refractivity contribution in [3.63, 3.8) is 0 Å². The number of rotatable bonds is 8. The Labute approximate surface area is 189 Å². The Bertz CT molecular complexity index is 1290. The van der Waals surface area contributed by atoms with Crippen LogP contribution >= 0.6 is 0 Å². The maximum atomic E-state index is 12.6. The van der Waals surface area contributed by atoms with Crippen molar-refractivity contribution in [1.29, 1.82) is 0 Å². The number of ether oxygens (including phenoxy) is 2. The Kier molecular flexibility index (Phi) is 6.61. The molecule has 0 saturated carbocycles. The smallest absolute Gasteiger partial charge is 0.375 e. The van der Waals surface area contributed by atoms with Crippen molar-refractivity contribution in [2.75, 3.05) is 19.0 Å². The van der Waals surface area contributed by atoms with E-state index in [1.807, 2.05) is 18.2 Å². The van der Waals surface area contributed by atoms with Gasteiger partial charge in [0.1, 0.15) is 5.58 Å². The Hall–Kier alpha value is -4.23. The van der Waals surface area contributed by atoms with Crippen molar-refractivity contribution in [3.8, 4) is 0 Å². The van der Waals surface area contributed by atoms with E-state index in [9.17, 15) is 14.4 Å². The molecule has 1 amide bonds. The molecule has 1 aromatic heterocycles. The van der Waals surface area contributed by atoms with Crippen LogP contribution in [0, 0.1) is 0 Å². The third-order valence-electron chi connectivity index (χ3n) is 5.01. The van der Waals surface area contributed by atoms with Crippen LogP contribution in [-0.2, 0) is 16.1 Å². The molecule has 166 valence electrons. The summed E-state index contributed by atoms with van der Waals surface area (Å²) in [6, 6.07) is 22.4. The average Bonchev–Trinajstić information content (AvgIpc) is 3.22. The fraction of sp³-hybridized carbons (Fsp3) is 0.115. The zero-order valence-corrected chi connectivity index (χ0v) is 17.9. The monoisotopic (exact) mass is 443 g/mol. The largest absolute Gasteiger partial charge is 0.451 e. The molecule has 7 heteroatoms. The lowest BCUT2D eigenvalue weighted by molar-refractivity contribution is 0.0441. The quantitative estimate of drug-likeness (QED) is 0.308. The van der Waals surface area contributed by atoms with E-state index in [1.165, 1.54) is 7.11 Å². The summed E-state index contributed by atoms with van der Waals surface area (Å²) in [5, 5.41) is 3.52. The second kappa shape index (κ2) is 9.93. The predicted octanol–water partition coefficient (Wildman–Crippen LogP) is 4.87. The van der Waals surface area contributed by atoms with Crippen molar-refractivity contribution < 1.29 is 28.3 Å². The second-order valence-corrected chi connectivity index (χ2v) is 7.24. The minimum atomic E-state index is -0.738. The standard InChI is InChI=1S/C26H21NO6/c1-31-15-21-20-9-5-6-10-23(20)33-24(21)26(30)32-16-22(28)17-11-13-19(14-12-17)27-25(29)18-7-3-2-4-8-18/h2-14H,15-16H2,1H3,(H,27,29). The van der Waals surface area contributed by atoms with Crippen molar-refractivity contribution in [3.05, 3.63) is 101 Å². The molecule has 7 nitrogen and oxygen atoms in total. The Morgan fingerprint density at radius 3 is 2.27 bits per heavy atom. The molecule has 0 aliphatic carbocycles. The van der Waals surface area contributed by atoms with Crippen LogP contribution in [0.25, 0.3) is 11.0 Å². The Morgan fingerprint density at radius 1 is 0.848 bits per heavy atom. The summed E-state index contributed by atoms with van der Waals surface area (Å²) in [4.78, 5) is 37.3. The van der Waals surface area contributed by atoms with Gasteiger partial charge >= 0.3 is 5.97 Å². The highest BCUT2D eigenvalue weighted by Crippen LogP contribution is 2.27. The topological polar surface area (TPSA) is 94.8 Å². The molecular weight excluding hydrogens is 422 g/mol. The molecule has 4 rings (SSSR count). The first-order valence-electron chi connectivity index (χ1n) is 10.2. The highest BCUT2D eigenvalue weighted by molar-refractivity contribution is 6.05. The number of furan rings is 1. The van der Waals surface area contributed by atoms with Gasteiger partial charge in [-0.05, 0) is 42.5 Å². The number of Topliss-reactive ketones (excluding diaryl/α,β-unsaturated/α-hetero) is 1. The van der Waals surface area contributed by atoms with E-state index < -0.39 is 12.6 Å². The SMILES string of the molecule is COCc1c(C(=O)OCC(=O)c2ccc(NC(=O)c3ccccc3)cc2)oc2ccccc12. The number of ketones is 1. The molecule has 1 N–H and O–H groups in total. The number of para-hydroxylation sites is 1. The summed E-state index contributed by atoms with van der Waals surface area (Å²) >= 11 is 0. The number of anilines is 1. The minimum Gasteiger partial charge on any atom is -0.451 e. The molecule has 0 radical (unpaired) electrons. The van der Waals surface area contributed by atoms with Crippen LogP contribution in [0.3, 0.4) is 0 Å². The molecule has 0 aliphatic rings. The Morgan fingerprint density at radius 2 is 1.55 bits per heavy atom. The summed E-state index contributed by atoms with van der Waals surface area (Å²) in [5.41, 5.74) is 2.54. The van der Waals surface area contributed by atoms with E-state index in [4.69, 9.17) is 13.9 Å². The fourth-order valence-electron chi connectivity index (χ4n) is 3.36. The lowest BCUT2D eigenvalue weighted by Crippen LogP contribution is -2.15. The normalized spacial score (nSPS) is 10.7. The maximum absolute atomic E-state index is 12.6. The zero-order valence-electron chi connectivity index (χ0n) is 17.9. The van der Waals surface area contributed by atoms with E-state index in [2.05, 4.69) is 5.32 Å². The molecule has 0 aliphatic heterocycles. The number of carbonyl (C=O) groups is 3. The summed E-state index contributed by atoms with van der Waals surface area (Å²) in [6.45, 7) is -0.274. The van der Waals surface area contributed by atoms with Gasteiger partial charge in [0.2, 0.25) is 5.76 Å². The van der Waals surface area contributed by atoms with Gasteiger partial charge in [0.25, 0.3) is 5.91 Å². The number of methoxy groups -OCH3 is 1. The molecule has 0 spiro atoms. The first kappa shape index (κ1) is 22.0. The number of hydrogen-bond donors (Lipinski definition) is 1. The fourth-order valence-corrected chi connectivity index (χ4v) is 3.36. The van der Waals surface area contributed by atoms with Gasteiger partial charge in [0, 0.05) is 34.9 Å². The van der Waals surface area contributed by atoms with Crippen molar-refractivity contribution in [2.45, 2.75) is 6.61 Å². The van der Waals surface area contributed by atoms with E-state index in [0.717, 1.165) is 5.39 Å². The number of hydrogen-bond acceptors (Lipinski definition) is 6. The van der Waals surface area contributed by atoms with Gasteiger partial charge in [-0.1, -0.05) is 36.4 Å². The van der Waals surface area contributed by atoms with Crippen LogP contribution in [0.15, 0.2) is 83.3 Å². The van der Waals surface area contributed by atoms with Crippen LogP contribution < -0.4 is 5.32 Å². The lowest BCUT2D eigenvalue weighted by Gasteiger charge is -2.07. The first-order chi connectivity index (χ1) is 16.1. The van der Waals surface area contributed by atoms with Gasteiger partial charge in [-0.3, -0.25) is 9.59 Å². The van der Waals surface area contributed by atoms with Crippen LogP contribution in [0.1, 0.15) is 36.8 Å². The van der Waals surface area contributed by atoms with E-state index in [1.54, 1.807) is 60.7 Å². The van der Waals surface area contributed by atoms with Gasteiger partial charge < -0.3 is 19.2 Å². The molecule has 0 bridgehead atoms. The predicted molar refractivity (Wildman–Crippen MR) is 122 cm³/mol. The van der Waals surface area contributed by atoms with E-state index >= 15 is 0 Å². The lowest BCUT2D eigenvalue weighted by atomic mass is 10.1.